The Hall–Kier alpha value is -0.980. The fraction of sp³-hybridized carbons (Fsp3) is 0. The molecule has 0 amide bonds. The van der Waals surface area contributed by atoms with Crippen LogP contribution in [-0.4, -0.2) is 4.99 Å². The van der Waals surface area contributed by atoms with Crippen molar-refractivity contribution in [2.45, 2.75) is 0 Å². The molecular weight excluding hydrogens is 397 g/mol. The molecule has 0 aliphatic heterocycles. The van der Waals surface area contributed by atoms with Crippen LogP contribution in [0.1, 0.15) is 5.56 Å². The smallest absolute Gasteiger partial charge is 0.141 e. The Bertz CT molecular complexity index is 649. The zero-order chi connectivity index (χ0) is 14.0. The summed E-state index contributed by atoms with van der Waals surface area (Å²) in [7, 11) is 0. The van der Waals surface area contributed by atoms with E-state index in [4.69, 9.17) is 22.7 Å². The van der Waals surface area contributed by atoms with E-state index < -0.39 is 0 Å². The van der Waals surface area contributed by atoms with Crippen molar-refractivity contribution in [3.63, 3.8) is 0 Å². The summed E-state index contributed by atoms with van der Waals surface area (Å²) in [5, 5.41) is 0. The molecule has 0 bridgehead atoms. The molecule has 0 radical (unpaired) electrons. The van der Waals surface area contributed by atoms with E-state index in [1.54, 1.807) is 12.1 Å². The van der Waals surface area contributed by atoms with Crippen molar-refractivity contribution in [1.29, 1.82) is 0 Å². The van der Waals surface area contributed by atoms with Gasteiger partial charge in [0.1, 0.15) is 22.3 Å². The maximum atomic E-state index is 13.0. The number of hydrogen-bond acceptors (Lipinski definition) is 2. The van der Waals surface area contributed by atoms with Crippen molar-refractivity contribution in [3.05, 3.63) is 56.7 Å². The summed E-state index contributed by atoms with van der Waals surface area (Å²) in [6.07, 6.45) is 0. The predicted octanol–water partition coefficient (Wildman–Crippen LogP) is 4.78. The number of benzene rings is 2. The minimum atomic E-state index is -0.343. The molecule has 0 unspecified atom stereocenters. The van der Waals surface area contributed by atoms with Gasteiger partial charge in [0.05, 0.1) is 10.0 Å². The molecule has 0 spiro atoms. The summed E-state index contributed by atoms with van der Waals surface area (Å²) < 4.78 is 20.1. The Labute approximate surface area is 132 Å². The first-order chi connectivity index (χ1) is 8.97. The van der Waals surface area contributed by atoms with Crippen LogP contribution in [0.15, 0.2) is 45.3 Å². The molecule has 0 atom stereocenters. The third kappa shape index (κ3) is 3.52. The van der Waals surface area contributed by atoms with E-state index in [0.717, 1.165) is 4.47 Å². The molecule has 98 valence electrons. The lowest BCUT2D eigenvalue weighted by Crippen LogP contribution is -2.10. The molecule has 2 aromatic carbocycles. The van der Waals surface area contributed by atoms with Gasteiger partial charge in [-0.05, 0) is 52.3 Å². The van der Waals surface area contributed by atoms with Crippen molar-refractivity contribution < 1.29 is 9.13 Å². The Morgan fingerprint density at radius 3 is 2.42 bits per heavy atom. The van der Waals surface area contributed by atoms with Crippen LogP contribution in [0, 0.1) is 5.82 Å². The van der Waals surface area contributed by atoms with Crippen molar-refractivity contribution in [1.82, 2.24) is 0 Å². The zero-order valence-corrected chi connectivity index (χ0v) is 13.5. The highest BCUT2D eigenvalue weighted by Crippen LogP contribution is 2.33. The van der Waals surface area contributed by atoms with E-state index >= 15 is 0 Å². The molecular formula is C13H8Br2FNOS. The van der Waals surface area contributed by atoms with Crippen LogP contribution >= 0.6 is 44.1 Å². The minimum Gasteiger partial charge on any atom is -0.455 e. The largest absolute Gasteiger partial charge is 0.455 e. The van der Waals surface area contributed by atoms with E-state index in [2.05, 4.69) is 31.9 Å². The molecule has 2 nitrogen and oxygen atoms in total. The summed E-state index contributed by atoms with van der Waals surface area (Å²) in [6.45, 7) is 0. The van der Waals surface area contributed by atoms with Crippen LogP contribution in [0.2, 0.25) is 0 Å². The lowest BCUT2D eigenvalue weighted by molar-refractivity contribution is 0.476. The van der Waals surface area contributed by atoms with E-state index in [-0.39, 0.29) is 10.8 Å². The van der Waals surface area contributed by atoms with Crippen molar-refractivity contribution in [3.8, 4) is 11.5 Å². The van der Waals surface area contributed by atoms with Gasteiger partial charge >= 0.3 is 0 Å². The lowest BCUT2D eigenvalue weighted by Gasteiger charge is -2.12. The number of thiocarbonyl (C=S) groups is 1. The first-order valence-corrected chi connectivity index (χ1v) is 7.19. The highest BCUT2D eigenvalue weighted by atomic mass is 79.9. The van der Waals surface area contributed by atoms with E-state index in [1.165, 1.54) is 18.2 Å². The van der Waals surface area contributed by atoms with Gasteiger partial charge in [-0.2, -0.15) is 0 Å². The van der Waals surface area contributed by atoms with Gasteiger partial charge in [0, 0.05) is 4.47 Å². The summed E-state index contributed by atoms with van der Waals surface area (Å²) in [5.74, 6) is 0.661. The molecule has 0 saturated heterocycles. The second-order valence-electron chi connectivity index (χ2n) is 3.68. The van der Waals surface area contributed by atoms with E-state index in [0.29, 0.717) is 21.5 Å². The topological polar surface area (TPSA) is 35.2 Å². The molecule has 2 N–H and O–H groups in total. The summed E-state index contributed by atoms with van der Waals surface area (Å²) in [4.78, 5) is 0.231. The summed E-state index contributed by atoms with van der Waals surface area (Å²) in [6, 6.07) is 9.51. The average molecular weight is 405 g/mol. The predicted molar refractivity (Wildman–Crippen MR) is 84.2 cm³/mol. The average Bonchev–Trinajstić information content (AvgIpc) is 2.34. The Morgan fingerprint density at radius 1 is 1.11 bits per heavy atom. The van der Waals surface area contributed by atoms with Gasteiger partial charge in [-0.1, -0.05) is 28.1 Å². The second-order valence-corrected chi connectivity index (χ2v) is 5.89. The van der Waals surface area contributed by atoms with Crippen LogP contribution in [0.4, 0.5) is 4.39 Å². The normalized spacial score (nSPS) is 10.3. The van der Waals surface area contributed by atoms with Crippen LogP contribution < -0.4 is 10.5 Å². The van der Waals surface area contributed by atoms with Gasteiger partial charge in [-0.25, -0.2) is 4.39 Å². The van der Waals surface area contributed by atoms with Gasteiger partial charge in [0.25, 0.3) is 0 Å². The number of rotatable bonds is 3. The standard InChI is InChI=1S/C13H8Br2FNOS/c14-7-1-3-11(9(5-7)13(17)19)18-12-4-2-8(16)6-10(12)15/h1-6H,(H2,17,19). The van der Waals surface area contributed by atoms with Gasteiger partial charge in [-0.15, -0.1) is 0 Å². The SMILES string of the molecule is NC(=S)c1cc(Br)ccc1Oc1ccc(F)cc1Br. The van der Waals surface area contributed by atoms with Crippen molar-refractivity contribution in [2.24, 2.45) is 5.73 Å². The quantitative estimate of drug-likeness (QED) is 0.747. The molecule has 0 heterocycles. The molecule has 2 aromatic rings. The lowest BCUT2D eigenvalue weighted by atomic mass is 10.2. The maximum Gasteiger partial charge on any atom is 0.141 e. The molecule has 0 aromatic heterocycles. The monoisotopic (exact) mass is 403 g/mol. The van der Waals surface area contributed by atoms with Crippen LogP contribution in [0.3, 0.4) is 0 Å². The molecule has 2 rings (SSSR count). The van der Waals surface area contributed by atoms with Crippen LogP contribution in [0.25, 0.3) is 0 Å². The van der Waals surface area contributed by atoms with E-state index in [9.17, 15) is 4.39 Å². The van der Waals surface area contributed by atoms with Gasteiger partial charge in [0.2, 0.25) is 0 Å². The fourth-order valence-corrected chi connectivity index (χ4v) is 2.41. The second kappa shape index (κ2) is 5.98. The molecule has 6 heteroatoms. The highest BCUT2D eigenvalue weighted by molar-refractivity contribution is 9.10. The summed E-state index contributed by atoms with van der Waals surface area (Å²) >= 11 is 11.6. The first kappa shape index (κ1) is 14.4. The van der Waals surface area contributed by atoms with E-state index in [1.807, 2.05) is 6.07 Å². The number of ether oxygens (including phenoxy) is 1. The van der Waals surface area contributed by atoms with Crippen molar-refractivity contribution >= 4 is 49.1 Å². The van der Waals surface area contributed by atoms with Gasteiger partial charge in [-0.3, -0.25) is 0 Å². The molecule has 0 fully saturated rings. The molecule has 19 heavy (non-hydrogen) atoms. The Morgan fingerprint density at radius 2 is 1.79 bits per heavy atom. The van der Waals surface area contributed by atoms with Crippen molar-refractivity contribution in [2.75, 3.05) is 0 Å². The summed E-state index contributed by atoms with van der Waals surface area (Å²) in [5.41, 5.74) is 6.27. The van der Waals surface area contributed by atoms with Crippen LogP contribution in [0.5, 0.6) is 11.5 Å². The third-order valence-corrected chi connectivity index (χ3v) is 3.65. The number of hydrogen-bond donors (Lipinski definition) is 1. The zero-order valence-electron chi connectivity index (χ0n) is 9.49. The number of nitrogens with two attached hydrogens (primary N) is 1. The maximum absolute atomic E-state index is 13.0. The number of halogens is 3. The third-order valence-electron chi connectivity index (χ3n) is 2.32. The van der Waals surface area contributed by atoms with Gasteiger partial charge in [0.15, 0.2) is 0 Å². The van der Waals surface area contributed by atoms with Crippen LogP contribution in [-0.2, 0) is 0 Å². The fourth-order valence-electron chi connectivity index (χ4n) is 1.46. The first-order valence-electron chi connectivity index (χ1n) is 5.19. The molecule has 0 aliphatic rings. The Kier molecular flexibility index (Phi) is 4.54. The van der Waals surface area contributed by atoms with Gasteiger partial charge < -0.3 is 10.5 Å². The Balaban J connectivity index is 2.40. The highest BCUT2D eigenvalue weighted by Gasteiger charge is 2.10. The molecule has 0 saturated carbocycles. The minimum absolute atomic E-state index is 0.231. The molecule has 0 aliphatic carbocycles.